The first-order chi connectivity index (χ1) is 11.2. The maximum Gasteiger partial charge on any atom is 0.406 e. The smallest absolute Gasteiger partial charge is 0.330 e. The van der Waals surface area contributed by atoms with Crippen LogP contribution in [0.5, 0.6) is 0 Å². The number of rotatable bonds is 4. The van der Waals surface area contributed by atoms with Crippen molar-refractivity contribution in [2.45, 2.75) is 51.7 Å². The van der Waals surface area contributed by atoms with Crippen molar-refractivity contribution >= 4 is 11.7 Å². The van der Waals surface area contributed by atoms with Gasteiger partial charge in [-0.3, -0.25) is 4.79 Å². The molecule has 1 aliphatic rings. The monoisotopic (exact) mass is 341 g/mol. The van der Waals surface area contributed by atoms with E-state index in [1.807, 2.05) is 19.9 Å². The maximum atomic E-state index is 12.8. The molecule has 0 saturated heterocycles. The number of carbonyl (C=O) groups is 1. The Kier molecular flexibility index (Phi) is 4.18. The second-order valence-electron chi connectivity index (χ2n) is 6.18. The second kappa shape index (κ2) is 6.03. The molecule has 130 valence electrons. The average Bonchev–Trinajstić information content (AvgIpc) is 2.76. The summed E-state index contributed by atoms with van der Waals surface area (Å²) in [5.41, 5.74) is 1.56. The summed E-state index contributed by atoms with van der Waals surface area (Å²) in [5.74, 6) is -0.0590. The lowest BCUT2D eigenvalue weighted by molar-refractivity contribution is -0.168. The Morgan fingerprint density at radius 3 is 2.62 bits per heavy atom. The summed E-state index contributed by atoms with van der Waals surface area (Å²) >= 11 is 0. The minimum Gasteiger partial charge on any atom is -0.330 e. The van der Waals surface area contributed by atoms with Gasteiger partial charge in [0.2, 0.25) is 5.91 Å². The van der Waals surface area contributed by atoms with Crippen LogP contribution in [0.15, 0.2) is 6.07 Å². The fraction of sp³-hybridized carbons (Fsp3) is 0.600. The van der Waals surface area contributed by atoms with E-state index in [1.165, 1.54) is 4.52 Å². The normalized spacial score (nSPS) is 15.5. The SMILES string of the molecule is Cc1cc(C)n2nc(CC(=O)N(CC(F)(F)F)C3CCC3)nc2n1. The van der Waals surface area contributed by atoms with E-state index < -0.39 is 18.6 Å². The Morgan fingerprint density at radius 1 is 1.33 bits per heavy atom. The number of fused-ring (bicyclic) bond motifs is 1. The number of aryl methyl sites for hydroxylation is 2. The van der Waals surface area contributed by atoms with Gasteiger partial charge in [-0.1, -0.05) is 0 Å². The molecule has 2 aromatic rings. The Balaban J connectivity index is 1.80. The summed E-state index contributed by atoms with van der Waals surface area (Å²) in [6.07, 6.45) is -2.59. The van der Waals surface area contributed by atoms with Crippen LogP contribution < -0.4 is 0 Å². The Bertz CT molecular complexity index is 766. The molecule has 2 heterocycles. The lowest BCUT2D eigenvalue weighted by atomic mass is 9.91. The number of hydrogen-bond donors (Lipinski definition) is 0. The van der Waals surface area contributed by atoms with Gasteiger partial charge in [0, 0.05) is 17.4 Å². The molecular formula is C15H18F3N5O. The zero-order valence-electron chi connectivity index (χ0n) is 13.5. The van der Waals surface area contributed by atoms with Gasteiger partial charge < -0.3 is 4.90 Å². The van der Waals surface area contributed by atoms with Gasteiger partial charge in [0.1, 0.15) is 6.54 Å². The van der Waals surface area contributed by atoms with Crippen molar-refractivity contribution in [2.75, 3.05) is 6.54 Å². The van der Waals surface area contributed by atoms with Crippen LogP contribution in [0.4, 0.5) is 13.2 Å². The van der Waals surface area contributed by atoms with Gasteiger partial charge in [-0.25, -0.2) is 9.50 Å². The minimum atomic E-state index is -4.41. The topological polar surface area (TPSA) is 63.4 Å². The fourth-order valence-corrected chi connectivity index (χ4v) is 2.83. The van der Waals surface area contributed by atoms with Gasteiger partial charge in [0.05, 0.1) is 6.42 Å². The number of alkyl halides is 3. The van der Waals surface area contributed by atoms with E-state index in [9.17, 15) is 18.0 Å². The van der Waals surface area contributed by atoms with Crippen molar-refractivity contribution in [1.82, 2.24) is 24.5 Å². The van der Waals surface area contributed by atoms with Crippen molar-refractivity contribution in [3.05, 3.63) is 23.3 Å². The van der Waals surface area contributed by atoms with Crippen LogP contribution in [0.1, 0.15) is 36.5 Å². The highest BCUT2D eigenvalue weighted by Gasteiger charge is 2.38. The molecule has 0 radical (unpaired) electrons. The van der Waals surface area contributed by atoms with Gasteiger partial charge in [-0.05, 0) is 39.2 Å². The highest BCUT2D eigenvalue weighted by Crippen LogP contribution is 2.28. The molecule has 0 atom stereocenters. The first-order valence-corrected chi connectivity index (χ1v) is 7.79. The highest BCUT2D eigenvalue weighted by atomic mass is 19.4. The van der Waals surface area contributed by atoms with Crippen LogP contribution in [0.2, 0.25) is 0 Å². The molecule has 0 unspecified atom stereocenters. The van der Waals surface area contributed by atoms with Crippen LogP contribution >= 0.6 is 0 Å². The second-order valence-corrected chi connectivity index (χ2v) is 6.18. The molecule has 0 bridgehead atoms. The number of hydrogen-bond acceptors (Lipinski definition) is 4. The number of amides is 1. The predicted octanol–water partition coefficient (Wildman–Crippen LogP) is 2.23. The first kappa shape index (κ1) is 16.7. The van der Waals surface area contributed by atoms with Gasteiger partial charge in [-0.15, -0.1) is 5.10 Å². The third-order valence-corrected chi connectivity index (χ3v) is 4.16. The molecule has 0 aromatic carbocycles. The van der Waals surface area contributed by atoms with Crippen molar-refractivity contribution in [2.24, 2.45) is 0 Å². The third kappa shape index (κ3) is 3.49. The lowest BCUT2D eigenvalue weighted by Gasteiger charge is -2.37. The van der Waals surface area contributed by atoms with Gasteiger partial charge >= 0.3 is 6.18 Å². The summed E-state index contributed by atoms with van der Waals surface area (Å²) in [6.45, 7) is 2.42. The van der Waals surface area contributed by atoms with Crippen LogP contribution in [-0.4, -0.2) is 49.2 Å². The zero-order valence-corrected chi connectivity index (χ0v) is 13.5. The van der Waals surface area contributed by atoms with E-state index in [2.05, 4.69) is 15.1 Å². The van der Waals surface area contributed by atoms with Crippen molar-refractivity contribution in [3.8, 4) is 0 Å². The summed E-state index contributed by atoms with van der Waals surface area (Å²) in [5, 5.41) is 4.19. The summed E-state index contributed by atoms with van der Waals surface area (Å²) < 4.78 is 39.7. The largest absolute Gasteiger partial charge is 0.406 e. The third-order valence-electron chi connectivity index (χ3n) is 4.16. The van der Waals surface area contributed by atoms with E-state index in [1.54, 1.807) is 0 Å². The summed E-state index contributed by atoms with van der Waals surface area (Å²) in [7, 11) is 0. The molecule has 1 aliphatic carbocycles. The maximum absolute atomic E-state index is 12.8. The fourth-order valence-electron chi connectivity index (χ4n) is 2.83. The summed E-state index contributed by atoms with van der Waals surface area (Å²) in [6, 6.07) is 1.48. The predicted molar refractivity (Wildman–Crippen MR) is 79.4 cm³/mol. The van der Waals surface area contributed by atoms with Gasteiger partial charge in [0.25, 0.3) is 5.78 Å². The number of aromatic nitrogens is 4. The molecule has 3 rings (SSSR count). The van der Waals surface area contributed by atoms with Crippen molar-refractivity contribution in [1.29, 1.82) is 0 Å². The Morgan fingerprint density at radius 2 is 2.04 bits per heavy atom. The molecule has 0 spiro atoms. The number of nitrogens with zero attached hydrogens (tertiary/aromatic N) is 5. The minimum absolute atomic E-state index is 0.188. The van der Waals surface area contributed by atoms with Crippen LogP contribution in [0, 0.1) is 13.8 Å². The van der Waals surface area contributed by atoms with E-state index in [-0.39, 0.29) is 18.3 Å². The van der Waals surface area contributed by atoms with Gasteiger partial charge in [0.15, 0.2) is 5.82 Å². The highest BCUT2D eigenvalue weighted by molar-refractivity contribution is 5.78. The number of carbonyl (C=O) groups excluding carboxylic acids is 1. The summed E-state index contributed by atoms with van der Waals surface area (Å²) in [4.78, 5) is 21.7. The van der Waals surface area contributed by atoms with E-state index in [4.69, 9.17) is 0 Å². The standard InChI is InChI=1S/C15H18F3N5O/c1-9-6-10(2)23-14(19-9)20-12(21-23)7-13(24)22(8-15(16,17)18)11-4-3-5-11/h6,11H,3-5,7-8H2,1-2H3. The van der Waals surface area contributed by atoms with E-state index in [0.717, 1.165) is 22.7 Å². The molecule has 1 amide bonds. The van der Waals surface area contributed by atoms with Crippen molar-refractivity contribution < 1.29 is 18.0 Å². The molecular weight excluding hydrogens is 323 g/mol. The zero-order chi connectivity index (χ0) is 17.5. The first-order valence-electron chi connectivity index (χ1n) is 7.79. The molecule has 1 saturated carbocycles. The molecule has 24 heavy (non-hydrogen) atoms. The van der Waals surface area contributed by atoms with E-state index >= 15 is 0 Å². The Hall–Kier alpha value is -2.19. The number of halogens is 3. The molecule has 0 N–H and O–H groups in total. The molecule has 2 aromatic heterocycles. The van der Waals surface area contributed by atoms with E-state index in [0.29, 0.717) is 18.6 Å². The van der Waals surface area contributed by atoms with Gasteiger partial charge in [-0.2, -0.15) is 18.2 Å². The molecule has 1 fully saturated rings. The van der Waals surface area contributed by atoms with Crippen LogP contribution in [-0.2, 0) is 11.2 Å². The van der Waals surface area contributed by atoms with Crippen molar-refractivity contribution in [3.63, 3.8) is 0 Å². The Labute approximate surface area is 136 Å². The molecule has 0 aliphatic heterocycles. The lowest BCUT2D eigenvalue weighted by Crippen LogP contribution is -2.49. The van der Waals surface area contributed by atoms with Crippen LogP contribution in [0.25, 0.3) is 5.78 Å². The average molecular weight is 341 g/mol. The quantitative estimate of drug-likeness (QED) is 0.855. The molecule has 9 heteroatoms. The van der Waals surface area contributed by atoms with Crippen LogP contribution in [0.3, 0.4) is 0 Å². The molecule has 6 nitrogen and oxygen atoms in total.